The van der Waals surface area contributed by atoms with E-state index in [9.17, 15) is 4.21 Å². The van der Waals surface area contributed by atoms with Crippen LogP contribution in [0.1, 0.15) is 69.6 Å². The van der Waals surface area contributed by atoms with Gasteiger partial charge in [0.2, 0.25) is 0 Å². The predicted octanol–water partition coefficient (Wildman–Crippen LogP) is 4.10. The molecule has 1 aromatic rings. The molecule has 2 fully saturated rings. The van der Waals surface area contributed by atoms with Crippen molar-refractivity contribution in [2.24, 2.45) is 10.9 Å². The van der Waals surface area contributed by atoms with Crippen molar-refractivity contribution in [2.45, 2.75) is 76.7 Å². The highest BCUT2D eigenvalue weighted by molar-refractivity contribution is 7.85. The molecule has 5 nitrogen and oxygen atoms in total. The van der Waals surface area contributed by atoms with Crippen LogP contribution < -0.4 is 10.6 Å². The van der Waals surface area contributed by atoms with Crippen LogP contribution in [0.2, 0.25) is 0 Å². The Labute approximate surface area is 184 Å². The van der Waals surface area contributed by atoms with Gasteiger partial charge in [0.15, 0.2) is 5.96 Å². The summed E-state index contributed by atoms with van der Waals surface area (Å²) in [6.07, 6.45) is 6.69. The van der Waals surface area contributed by atoms with E-state index in [1.807, 2.05) is 6.92 Å². The lowest BCUT2D eigenvalue weighted by Gasteiger charge is -2.32. The van der Waals surface area contributed by atoms with E-state index in [-0.39, 0.29) is 6.10 Å². The molecule has 1 aliphatic carbocycles. The van der Waals surface area contributed by atoms with Crippen LogP contribution in [0.4, 0.5) is 0 Å². The molecule has 0 radical (unpaired) electrons. The third-order valence-electron chi connectivity index (χ3n) is 6.30. The fourth-order valence-electron chi connectivity index (χ4n) is 4.63. The summed E-state index contributed by atoms with van der Waals surface area (Å²) in [6, 6.07) is 9.08. The van der Waals surface area contributed by atoms with Gasteiger partial charge in [-0.2, -0.15) is 0 Å². The fraction of sp³-hybridized carbons (Fsp3) is 0.708. The number of nitrogens with one attached hydrogen (secondary N) is 2. The van der Waals surface area contributed by atoms with E-state index in [1.54, 1.807) is 0 Å². The maximum Gasteiger partial charge on any atom is 0.191 e. The van der Waals surface area contributed by atoms with Gasteiger partial charge in [-0.1, -0.05) is 43.2 Å². The third-order valence-corrected chi connectivity index (χ3v) is 8.04. The molecular formula is C24H39N3O2S. The van der Waals surface area contributed by atoms with Gasteiger partial charge in [-0.15, -0.1) is 0 Å². The van der Waals surface area contributed by atoms with Crippen LogP contribution in [0.5, 0.6) is 0 Å². The summed E-state index contributed by atoms with van der Waals surface area (Å²) in [5.41, 5.74) is 2.54. The number of aliphatic imine (C=N–C) groups is 1. The van der Waals surface area contributed by atoms with Crippen molar-refractivity contribution >= 4 is 16.8 Å². The van der Waals surface area contributed by atoms with E-state index in [4.69, 9.17) is 9.73 Å². The van der Waals surface area contributed by atoms with Crippen molar-refractivity contribution in [3.05, 3.63) is 35.4 Å². The monoisotopic (exact) mass is 433 g/mol. The molecule has 1 heterocycles. The van der Waals surface area contributed by atoms with Crippen LogP contribution in [0.25, 0.3) is 0 Å². The molecule has 0 spiro atoms. The number of ether oxygens (including phenoxy) is 1. The summed E-state index contributed by atoms with van der Waals surface area (Å²) < 4.78 is 18.4. The van der Waals surface area contributed by atoms with Crippen LogP contribution >= 0.6 is 0 Å². The average Bonchev–Trinajstić information content (AvgIpc) is 2.78. The lowest BCUT2D eigenvalue weighted by atomic mass is 9.89. The largest absolute Gasteiger partial charge is 0.373 e. The standard InChI is InChI=1S/C24H39N3O2S/c1-4-25-24(27-21-9-6-10-22(16-21)30(28)5-2)26-17-20-8-7-15-29-23(20)19-13-11-18(3)12-14-19/h11-14,20-23H,4-10,15-17H2,1-3H3,(H2,25,26,27). The van der Waals surface area contributed by atoms with Gasteiger partial charge >= 0.3 is 0 Å². The van der Waals surface area contributed by atoms with E-state index in [0.717, 1.165) is 69.9 Å². The van der Waals surface area contributed by atoms with Crippen LogP contribution in [-0.4, -0.2) is 46.9 Å². The molecule has 2 aliphatic rings. The smallest absolute Gasteiger partial charge is 0.191 e. The topological polar surface area (TPSA) is 62.7 Å². The number of nitrogens with zero attached hydrogens (tertiary/aromatic N) is 1. The second-order valence-corrected chi connectivity index (χ2v) is 10.6. The lowest BCUT2D eigenvalue weighted by molar-refractivity contribution is -0.0250. The van der Waals surface area contributed by atoms with Crippen molar-refractivity contribution in [3.63, 3.8) is 0 Å². The molecule has 3 rings (SSSR count). The van der Waals surface area contributed by atoms with Crippen molar-refractivity contribution in [2.75, 3.05) is 25.4 Å². The number of hydrogen-bond acceptors (Lipinski definition) is 3. The van der Waals surface area contributed by atoms with Crippen molar-refractivity contribution in [3.8, 4) is 0 Å². The molecule has 1 aliphatic heterocycles. The van der Waals surface area contributed by atoms with Gasteiger partial charge in [0.25, 0.3) is 0 Å². The van der Waals surface area contributed by atoms with E-state index in [2.05, 4.69) is 48.7 Å². The minimum absolute atomic E-state index is 0.122. The van der Waals surface area contributed by atoms with Crippen LogP contribution in [0, 0.1) is 12.8 Å². The molecule has 2 N–H and O–H groups in total. The molecule has 30 heavy (non-hydrogen) atoms. The summed E-state index contributed by atoms with van der Waals surface area (Å²) in [5, 5.41) is 7.36. The minimum atomic E-state index is -0.705. The fourth-order valence-corrected chi connectivity index (χ4v) is 5.98. The highest BCUT2D eigenvalue weighted by Gasteiger charge is 2.28. The van der Waals surface area contributed by atoms with Gasteiger partial charge in [-0.25, -0.2) is 0 Å². The molecule has 5 atom stereocenters. The first kappa shape index (κ1) is 23.3. The Bertz CT molecular complexity index is 707. The SMILES string of the molecule is CCNC(=NCC1CCCOC1c1ccc(C)cc1)NC1CCCC(S(=O)CC)C1. The zero-order valence-corrected chi connectivity index (χ0v) is 19.7. The summed E-state index contributed by atoms with van der Waals surface area (Å²) in [4.78, 5) is 4.95. The molecule has 1 saturated heterocycles. The van der Waals surface area contributed by atoms with Crippen LogP contribution in [0.3, 0.4) is 0 Å². The first-order valence-corrected chi connectivity index (χ1v) is 13.1. The molecule has 1 aromatic carbocycles. The van der Waals surface area contributed by atoms with Gasteiger partial charge in [0.05, 0.1) is 6.10 Å². The van der Waals surface area contributed by atoms with Crippen molar-refractivity contribution < 1.29 is 8.95 Å². The average molecular weight is 434 g/mol. The summed E-state index contributed by atoms with van der Waals surface area (Å²) in [5.74, 6) is 2.04. The Morgan fingerprint density at radius 1 is 1.17 bits per heavy atom. The third kappa shape index (κ3) is 6.55. The molecule has 0 bridgehead atoms. The predicted molar refractivity (Wildman–Crippen MR) is 126 cm³/mol. The maximum atomic E-state index is 12.3. The number of hydrogen-bond donors (Lipinski definition) is 2. The van der Waals surface area contributed by atoms with E-state index >= 15 is 0 Å². The first-order valence-electron chi connectivity index (χ1n) is 11.7. The quantitative estimate of drug-likeness (QED) is 0.502. The van der Waals surface area contributed by atoms with Gasteiger partial charge < -0.3 is 15.4 Å². The number of rotatable bonds is 7. The molecule has 5 unspecified atom stereocenters. The molecule has 6 heteroatoms. The van der Waals surface area contributed by atoms with Gasteiger partial charge in [-0.05, 0) is 51.5 Å². The van der Waals surface area contributed by atoms with E-state index < -0.39 is 10.8 Å². The Balaban J connectivity index is 1.63. The van der Waals surface area contributed by atoms with Gasteiger partial charge in [-0.3, -0.25) is 9.20 Å². The molecule has 0 amide bonds. The Kier molecular flexibility index (Phi) is 9.19. The number of benzene rings is 1. The van der Waals surface area contributed by atoms with Crippen LogP contribution in [0.15, 0.2) is 29.3 Å². The molecule has 1 saturated carbocycles. The van der Waals surface area contributed by atoms with Crippen molar-refractivity contribution in [1.29, 1.82) is 0 Å². The number of guanidine groups is 1. The molecule has 0 aromatic heterocycles. The summed E-state index contributed by atoms with van der Waals surface area (Å²) >= 11 is 0. The van der Waals surface area contributed by atoms with Crippen LogP contribution in [-0.2, 0) is 15.5 Å². The van der Waals surface area contributed by atoms with E-state index in [1.165, 1.54) is 11.1 Å². The van der Waals surface area contributed by atoms with Gasteiger partial charge in [0, 0.05) is 53.5 Å². The maximum absolute atomic E-state index is 12.3. The van der Waals surface area contributed by atoms with E-state index in [0.29, 0.717) is 17.2 Å². The summed E-state index contributed by atoms with van der Waals surface area (Å²) in [6.45, 7) is 8.67. The lowest BCUT2D eigenvalue weighted by Crippen LogP contribution is -2.47. The Morgan fingerprint density at radius 3 is 2.70 bits per heavy atom. The second kappa shape index (κ2) is 11.8. The zero-order valence-electron chi connectivity index (χ0n) is 18.9. The Morgan fingerprint density at radius 2 is 1.97 bits per heavy atom. The highest BCUT2D eigenvalue weighted by atomic mass is 32.2. The molecule has 168 valence electrons. The number of aryl methyl sites for hydroxylation is 1. The van der Waals surface area contributed by atoms with Gasteiger partial charge in [0.1, 0.15) is 0 Å². The second-order valence-electron chi connectivity index (χ2n) is 8.62. The minimum Gasteiger partial charge on any atom is -0.373 e. The van der Waals surface area contributed by atoms with Crippen molar-refractivity contribution in [1.82, 2.24) is 10.6 Å². The summed E-state index contributed by atoms with van der Waals surface area (Å²) in [7, 11) is -0.705. The molecular weight excluding hydrogens is 394 g/mol. The normalized spacial score (nSPS) is 28.7. The Hall–Kier alpha value is -1.40. The highest BCUT2D eigenvalue weighted by Crippen LogP contribution is 2.34. The first-order chi connectivity index (χ1) is 14.6. The zero-order chi connectivity index (χ0) is 21.3.